The predicted molar refractivity (Wildman–Crippen MR) is 113 cm³/mol. The molecule has 0 radical (unpaired) electrons. The Morgan fingerprint density at radius 1 is 1.18 bits per heavy atom. The van der Waals surface area contributed by atoms with Gasteiger partial charge in [-0.25, -0.2) is 0 Å². The van der Waals surface area contributed by atoms with Crippen LogP contribution in [0.2, 0.25) is 0 Å². The largest absolute Gasteiger partial charge is 0.483 e. The minimum Gasteiger partial charge on any atom is -0.483 e. The van der Waals surface area contributed by atoms with Crippen LogP contribution in [0.4, 0.5) is 0 Å². The number of rotatable bonds is 8. The van der Waals surface area contributed by atoms with Gasteiger partial charge in [0.15, 0.2) is 0 Å². The molecule has 0 amide bonds. The molecule has 2 aromatic rings. The molecule has 12 heteroatoms. The molecule has 0 saturated carbocycles. The monoisotopic (exact) mass is 456 g/mol. The van der Waals surface area contributed by atoms with Gasteiger partial charge in [0.1, 0.15) is 23.6 Å². The molecule has 1 aliphatic heterocycles. The van der Waals surface area contributed by atoms with Gasteiger partial charge in [-0.2, -0.15) is 5.26 Å². The average molecular weight is 456 g/mol. The van der Waals surface area contributed by atoms with E-state index in [4.69, 9.17) is 9.57 Å². The molecule has 0 saturated heterocycles. The summed E-state index contributed by atoms with van der Waals surface area (Å²) in [5.41, 5.74) is 0.256. The van der Waals surface area contributed by atoms with Gasteiger partial charge in [-0.05, 0) is 56.7 Å². The molecule has 0 aliphatic carbocycles. The zero-order valence-electron chi connectivity index (χ0n) is 18.0. The Morgan fingerprint density at radius 3 is 2.52 bits per heavy atom. The number of fused-ring (bicyclic) bond motifs is 1. The third-order valence-electron chi connectivity index (χ3n) is 4.83. The minimum atomic E-state index is -1.24. The fourth-order valence-electron chi connectivity index (χ4n) is 3.53. The highest BCUT2D eigenvalue weighted by Gasteiger charge is 2.29. The summed E-state index contributed by atoms with van der Waals surface area (Å²) in [7, 11) is 0. The van der Waals surface area contributed by atoms with E-state index >= 15 is 0 Å². The molecule has 0 N–H and O–H groups in total. The lowest BCUT2D eigenvalue weighted by atomic mass is 9.97. The fourth-order valence-corrected chi connectivity index (χ4v) is 3.53. The van der Waals surface area contributed by atoms with E-state index in [2.05, 4.69) is 4.84 Å². The van der Waals surface area contributed by atoms with Gasteiger partial charge in [-0.1, -0.05) is 0 Å². The van der Waals surface area contributed by atoms with Crippen LogP contribution in [0.25, 0.3) is 5.70 Å². The van der Waals surface area contributed by atoms with Crippen LogP contribution in [-0.4, -0.2) is 26.4 Å². The molecule has 1 aliphatic rings. The van der Waals surface area contributed by atoms with Crippen LogP contribution in [-0.2, 0) is 9.68 Å². The quantitative estimate of drug-likeness (QED) is 0.429. The van der Waals surface area contributed by atoms with E-state index in [1.165, 1.54) is 29.8 Å². The van der Waals surface area contributed by atoms with Crippen LogP contribution in [0.5, 0.6) is 5.75 Å². The van der Waals surface area contributed by atoms with Crippen LogP contribution < -0.4 is 10.3 Å². The summed E-state index contributed by atoms with van der Waals surface area (Å²) in [6, 6.07) is 9.40. The Kier molecular flexibility index (Phi) is 6.34. The molecular formula is C21H20N4O8. The second-order valence-electron chi connectivity index (χ2n) is 7.92. The first-order valence-corrected chi connectivity index (χ1v) is 9.81. The molecular weight excluding hydrogens is 436 g/mol. The molecule has 2 unspecified atom stereocenters. The number of pyridine rings is 1. The molecule has 12 nitrogen and oxygen atoms in total. The number of hydrogen-bond acceptors (Lipinski definition) is 9. The summed E-state index contributed by atoms with van der Waals surface area (Å²) in [5, 5.41) is 28.9. The summed E-state index contributed by atoms with van der Waals surface area (Å²) in [6.07, 6.45) is 0.600. The third kappa shape index (κ3) is 5.45. The van der Waals surface area contributed by atoms with Crippen LogP contribution >= 0.6 is 0 Å². The number of nitrogens with zero attached hydrogens (tertiary/aromatic N) is 4. The van der Waals surface area contributed by atoms with Gasteiger partial charge in [-0.3, -0.25) is 9.36 Å². The summed E-state index contributed by atoms with van der Waals surface area (Å²) < 4.78 is 7.21. The number of hydrogen-bond donors (Lipinski definition) is 0. The van der Waals surface area contributed by atoms with Gasteiger partial charge in [0.2, 0.25) is 0 Å². The molecule has 3 rings (SSSR count). The van der Waals surface area contributed by atoms with E-state index < -0.39 is 33.5 Å². The molecule has 0 fully saturated rings. The minimum absolute atomic E-state index is 0.219. The van der Waals surface area contributed by atoms with E-state index in [1.807, 2.05) is 6.07 Å². The van der Waals surface area contributed by atoms with E-state index in [9.17, 15) is 30.3 Å². The lowest BCUT2D eigenvalue weighted by Gasteiger charge is -2.31. The SMILES string of the molecule is CC(CC(O[N+](=O)[O-])c1ccc(=O)n(C2=CC(C)(C)Oc3ccc(C#N)cc32)c1)O[N+](=O)[O-]. The molecule has 2 heterocycles. The highest BCUT2D eigenvalue weighted by molar-refractivity contribution is 5.74. The van der Waals surface area contributed by atoms with Crippen molar-refractivity contribution in [3.63, 3.8) is 0 Å². The van der Waals surface area contributed by atoms with Gasteiger partial charge >= 0.3 is 0 Å². The zero-order chi connectivity index (χ0) is 24.3. The molecule has 1 aromatic carbocycles. The smallest absolute Gasteiger partial charge is 0.295 e. The van der Waals surface area contributed by atoms with Crippen molar-refractivity contribution in [2.24, 2.45) is 0 Å². The van der Waals surface area contributed by atoms with Crippen LogP contribution in [0, 0.1) is 31.6 Å². The van der Waals surface area contributed by atoms with Crippen molar-refractivity contribution >= 4 is 5.70 Å². The van der Waals surface area contributed by atoms with Gasteiger partial charge in [0, 0.05) is 24.2 Å². The summed E-state index contributed by atoms with van der Waals surface area (Å²) >= 11 is 0. The second kappa shape index (κ2) is 8.99. The van der Waals surface area contributed by atoms with Crippen molar-refractivity contribution in [3.8, 4) is 11.8 Å². The highest BCUT2D eigenvalue weighted by atomic mass is 17.0. The molecule has 0 bridgehead atoms. The van der Waals surface area contributed by atoms with E-state index in [1.54, 1.807) is 38.1 Å². The van der Waals surface area contributed by atoms with Crippen molar-refractivity contribution in [2.45, 2.75) is 45.0 Å². The van der Waals surface area contributed by atoms with Crippen LogP contribution in [0.15, 0.2) is 47.4 Å². The average Bonchev–Trinajstić information content (AvgIpc) is 2.71. The Morgan fingerprint density at radius 2 is 1.88 bits per heavy atom. The third-order valence-corrected chi connectivity index (χ3v) is 4.83. The Labute approximate surface area is 187 Å². The molecule has 1 aromatic heterocycles. The zero-order valence-corrected chi connectivity index (χ0v) is 18.0. The number of ether oxygens (including phenoxy) is 1. The molecule has 33 heavy (non-hydrogen) atoms. The maximum absolute atomic E-state index is 12.8. The summed E-state index contributed by atoms with van der Waals surface area (Å²) in [5.74, 6) is 0.458. The van der Waals surface area contributed by atoms with Crippen molar-refractivity contribution in [3.05, 3.63) is 89.9 Å². The first kappa shape index (κ1) is 23.3. The first-order valence-electron chi connectivity index (χ1n) is 9.81. The van der Waals surface area contributed by atoms with Gasteiger partial charge in [-0.15, -0.1) is 20.2 Å². The molecule has 2 atom stereocenters. The molecule has 0 spiro atoms. The van der Waals surface area contributed by atoms with Crippen molar-refractivity contribution in [1.82, 2.24) is 4.57 Å². The number of nitriles is 1. The van der Waals surface area contributed by atoms with E-state index in [-0.39, 0.29) is 12.0 Å². The Bertz CT molecular complexity index is 1230. The van der Waals surface area contributed by atoms with Crippen molar-refractivity contribution < 1.29 is 24.6 Å². The maximum atomic E-state index is 12.8. The fraction of sp³-hybridized carbons (Fsp3) is 0.333. The standard InChI is InChI=1S/C21H20N4O8/c1-13(32-24(27)28)8-19(33-25(29)30)15-5-7-20(26)23(12-15)17-10-21(2,3)31-18-6-4-14(11-22)9-16(17)18/h4-7,9-10,12-13,19H,8H2,1-3H3. The Hall–Kier alpha value is -4.40. The van der Waals surface area contributed by atoms with Crippen LogP contribution in [0.3, 0.4) is 0 Å². The van der Waals surface area contributed by atoms with Gasteiger partial charge in [0.25, 0.3) is 15.7 Å². The van der Waals surface area contributed by atoms with Gasteiger partial charge in [0.05, 0.1) is 17.3 Å². The van der Waals surface area contributed by atoms with Crippen LogP contribution in [0.1, 0.15) is 50.0 Å². The highest BCUT2D eigenvalue weighted by Crippen LogP contribution is 2.37. The van der Waals surface area contributed by atoms with Crippen molar-refractivity contribution in [1.29, 1.82) is 5.26 Å². The van der Waals surface area contributed by atoms with Crippen molar-refractivity contribution in [2.75, 3.05) is 0 Å². The normalized spacial score (nSPS) is 15.6. The molecule has 172 valence electrons. The predicted octanol–water partition coefficient (Wildman–Crippen LogP) is 3.02. The van der Waals surface area contributed by atoms with Gasteiger partial charge < -0.3 is 14.4 Å². The summed E-state index contributed by atoms with van der Waals surface area (Å²) in [6.45, 7) is 4.95. The first-order chi connectivity index (χ1) is 15.5. The lowest BCUT2D eigenvalue weighted by Crippen LogP contribution is -2.32. The maximum Gasteiger partial charge on any atom is 0.295 e. The lowest BCUT2D eigenvalue weighted by molar-refractivity contribution is -0.780. The second-order valence-corrected chi connectivity index (χ2v) is 7.92. The number of aromatic nitrogens is 1. The Balaban J connectivity index is 2.10. The van der Waals surface area contributed by atoms with E-state index in [0.29, 0.717) is 22.6 Å². The number of benzene rings is 1. The summed E-state index contributed by atoms with van der Waals surface area (Å²) in [4.78, 5) is 43.6. The van der Waals surface area contributed by atoms with E-state index in [0.717, 1.165) is 0 Å². The topological polar surface area (TPSA) is 160 Å².